The van der Waals surface area contributed by atoms with Crippen LogP contribution < -0.4 is 5.32 Å². The number of halogens is 4. The summed E-state index contributed by atoms with van der Waals surface area (Å²) in [4.78, 5) is 31.4. The van der Waals surface area contributed by atoms with Crippen LogP contribution in [-0.4, -0.2) is 49.9 Å². The number of fused-ring (bicyclic) bond motifs is 2. The predicted molar refractivity (Wildman–Crippen MR) is 163 cm³/mol. The van der Waals surface area contributed by atoms with Crippen LogP contribution in [0, 0.1) is 35.2 Å². The zero-order valence-corrected chi connectivity index (χ0v) is 26.4. The molecule has 0 radical (unpaired) electrons. The Balaban J connectivity index is 1.28. The molecule has 2 aliphatic carbocycles. The third kappa shape index (κ3) is 5.92. The standard InChI is InChI=1S/C33H32ClF3N2O6S/c1-44-29(40)12-23-18-45-39(17-19-5-3-2-4-6-19)33(23)15-21-7-8-22(16-33)31(21)46(42,43)28-11-20(9-10-25(28)34)32(41)38-24-13-26(35)30(37)27(36)14-24/h2-6,9-11,13-14,21-23,31H,7-8,12,15-18H2,1H3,(H,38,41)/t21?,22?,23?,31-,33+. The molecule has 6 rings (SSSR count). The van der Waals surface area contributed by atoms with Crippen molar-refractivity contribution in [2.75, 3.05) is 19.0 Å². The summed E-state index contributed by atoms with van der Waals surface area (Å²) in [6.07, 6.45) is 2.39. The third-order valence-corrected chi connectivity index (χ3v) is 12.5. The van der Waals surface area contributed by atoms with Crippen molar-refractivity contribution < 1.29 is 40.8 Å². The number of hydrogen-bond donors (Lipinski definition) is 1. The van der Waals surface area contributed by atoms with Crippen LogP contribution in [0.2, 0.25) is 5.02 Å². The van der Waals surface area contributed by atoms with E-state index in [4.69, 9.17) is 21.2 Å². The van der Waals surface area contributed by atoms with Crippen LogP contribution in [0.25, 0.3) is 0 Å². The normalized spacial score (nSPS) is 25.9. The van der Waals surface area contributed by atoms with Crippen LogP contribution >= 0.6 is 11.6 Å². The topological polar surface area (TPSA) is 102 Å². The molecule has 2 saturated carbocycles. The van der Waals surface area contributed by atoms with Gasteiger partial charge < -0.3 is 10.1 Å². The minimum atomic E-state index is -4.08. The molecule has 3 aromatic carbocycles. The van der Waals surface area contributed by atoms with Crippen molar-refractivity contribution in [2.24, 2.45) is 17.8 Å². The predicted octanol–water partition coefficient (Wildman–Crippen LogP) is 6.34. The van der Waals surface area contributed by atoms with E-state index in [-0.39, 0.29) is 51.3 Å². The van der Waals surface area contributed by atoms with Gasteiger partial charge in [-0.3, -0.25) is 14.4 Å². The molecule has 2 bridgehead atoms. The summed E-state index contributed by atoms with van der Waals surface area (Å²) in [5.41, 5.74) is -0.0101. The van der Waals surface area contributed by atoms with Gasteiger partial charge in [0.05, 0.1) is 40.8 Å². The fourth-order valence-corrected chi connectivity index (χ4v) is 10.4. The first-order valence-electron chi connectivity index (χ1n) is 14.9. The van der Waals surface area contributed by atoms with Gasteiger partial charge in [0, 0.05) is 35.8 Å². The number of methoxy groups -OCH3 is 1. The van der Waals surface area contributed by atoms with E-state index in [0.29, 0.717) is 51.0 Å². The van der Waals surface area contributed by atoms with Gasteiger partial charge in [0.15, 0.2) is 27.3 Å². The minimum Gasteiger partial charge on any atom is -0.469 e. The molecule has 3 fully saturated rings. The van der Waals surface area contributed by atoms with Crippen LogP contribution in [0.1, 0.15) is 48.0 Å². The summed E-state index contributed by atoms with van der Waals surface area (Å²) >= 11 is 6.44. The number of hydrogen-bond acceptors (Lipinski definition) is 7. The van der Waals surface area contributed by atoms with Crippen molar-refractivity contribution in [3.05, 3.63) is 94.3 Å². The van der Waals surface area contributed by atoms with Crippen LogP contribution in [-0.2, 0) is 30.8 Å². The molecule has 1 aliphatic heterocycles. The van der Waals surface area contributed by atoms with Crippen LogP contribution in [0.5, 0.6) is 0 Å². The first-order chi connectivity index (χ1) is 21.9. The van der Waals surface area contributed by atoms with Gasteiger partial charge in [0.2, 0.25) is 0 Å². The summed E-state index contributed by atoms with van der Waals surface area (Å²) < 4.78 is 74.4. The number of hydroxylamine groups is 2. The van der Waals surface area contributed by atoms with Gasteiger partial charge in [-0.05, 0) is 61.3 Å². The number of ether oxygens (including phenoxy) is 1. The monoisotopic (exact) mass is 676 g/mol. The summed E-state index contributed by atoms with van der Waals surface area (Å²) in [5, 5.41) is 3.36. The lowest BCUT2D eigenvalue weighted by molar-refractivity contribution is -0.186. The Morgan fingerprint density at radius 1 is 1.02 bits per heavy atom. The van der Waals surface area contributed by atoms with Gasteiger partial charge in [-0.1, -0.05) is 41.9 Å². The van der Waals surface area contributed by atoms with Gasteiger partial charge in [0.25, 0.3) is 5.91 Å². The highest BCUT2D eigenvalue weighted by molar-refractivity contribution is 7.92. The number of rotatable bonds is 8. The molecule has 3 atom stereocenters. The Morgan fingerprint density at radius 2 is 1.67 bits per heavy atom. The fourth-order valence-electron chi connectivity index (χ4n) is 7.61. The first kappa shape index (κ1) is 32.5. The lowest BCUT2D eigenvalue weighted by atomic mass is 9.67. The number of carbonyl (C=O) groups is 2. The number of sulfone groups is 1. The van der Waals surface area contributed by atoms with E-state index in [9.17, 15) is 31.2 Å². The molecule has 46 heavy (non-hydrogen) atoms. The number of anilines is 1. The van der Waals surface area contributed by atoms with E-state index in [1.54, 1.807) is 0 Å². The third-order valence-electron chi connectivity index (χ3n) is 9.67. The molecule has 3 unspecified atom stereocenters. The molecule has 13 heteroatoms. The quantitative estimate of drug-likeness (QED) is 0.220. The number of amides is 1. The summed E-state index contributed by atoms with van der Waals surface area (Å²) in [6.45, 7) is 0.782. The Kier molecular flexibility index (Phi) is 8.92. The largest absolute Gasteiger partial charge is 0.469 e. The molecule has 1 saturated heterocycles. The molecule has 0 aromatic heterocycles. The molecule has 8 nitrogen and oxygen atoms in total. The fraction of sp³-hybridized carbons (Fsp3) is 0.394. The Bertz CT molecular complexity index is 1740. The highest BCUT2D eigenvalue weighted by atomic mass is 35.5. The SMILES string of the molecule is COC(=O)CC1CON(Cc2ccccc2)[C@]12CC1CCC(C2)[C@@H]1S(=O)(=O)c1cc(C(=O)Nc2cc(F)c(F)c(F)c2)ccc1Cl. The van der Waals surface area contributed by atoms with Gasteiger partial charge >= 0.3 is 5.97 Å². The number of benzene rings is 3. The second-order valence-electron chi connectivity index (χ2n) is 12.3. The van der Waals surface area contributed by atoms with Crippen molar-refractivity contribution in [1.29, 1.82) is 0 Å². The second kappa shape index (κ2) is 12.6. The van der Waals surface area contributed by atoms with Crippen LogP contribution in [0.4, 0.5) is 18.9 Å². The maximum Gasteiger partial charge on any atom is 0.305 e. The molecule has 3 aromatic rings. The zero-order chi connectivity index (χ0) is 32.8. The van der Waals surface area contributed by atoms with Crippen molar-refractivity contribution in [1.82, 2.24) is 5.06 Å². The molecule has 1 spiro atoms. The Labute approximate surface area is 269 Å². The van der Waals surface area contributed by atoms with E-state index in [1.807, 2.05) is 35.4 Å². The summed E-state index contributed by atoms with van der Waals surface area (Å²) in [7, 11) is -2.74. The minimum absolute atomic E-state index is 0.0615. The maximum atomic E-state index is 14.3. The van der Waals surface area contributed by atoms with E-state index in [0.717, 1.165) is 11.6 Å². The highest BCUT2D eigenvalue weighted by Gasteiger charge is 2.61. The molecule has 1 N–H and O–H groups in total. The number of esters is 1. The van der Waals surface area contributed by atoms with Crippen molar-refractivity contribution in [2.45, 2.75) is 54.3 Å². The number of carbonyl (C=O) groups excluding carboxylic acids is 2. The van der Waals surface area contributed by atoms with Gasteiger partial charge in [-0.25, -0.2) is 21.6 Å². The van der Waals surface area contributed by atoms with Crippen LogP contribution in [0.15, 0.2) is 65.6 Å². The van der Waals surface area contributed by atoms with E-state index in [2.05, 4.69) is 5.32 Å². The van der Waals surface area contributed by atoms with Crippen molar-refractivity contribution in [3.63, 3.8) is 0 Å². The highest BCUT2D eigenvalue weighted by Crippen LogP contribution is 2.57. The summed E-state index contributed by atoms with van der Waals surface area (Å²) in [5.74, 6) is -6.60. The molecule has 1 heterocycles. The molecule has 244 valence electrons. The molecule has 1 amide bonds. The van der Waals surface area contributed by atoms with Gasteiger partial charge in [0.1, 0.15) is 0 Å². The van der Waals surface area contributed by atoms with E-state index in [1.165, 1.54) is 19.2 Å². The van der Waals surface area contributed by atoms with Crippen LogP contribution in [0.3, 0.4) is 0 Å². The maximum absolute atomic E-state index is 14.3. The Hall–Kier alpha value is -3.45. The van der Waals surface area contributed by atoms with Gasteiger partial charge in [-0.15, -0.1) is 0 Å². The van der Waals surface area contributed by atoms with Gasteiger partial charge in [-0.2, -0.15) is 5.06 Å². The average Bonchev–Trinajstić information content (AvgIpc) is 3.49. The molecular weight excluding hydrogens is 645 g/mol. The van der Waals surface area contributed by atoms with Crippen molar-refractivity contribution >= 4 is 39.0 Å². The summed E-state index contributed by atoms with van der Waals surface area (Å²) in [6, 6.07) is 14.8. The van der Waals surface area contributed by atoms with Crippen molar-refractivity contribution in [3.8, 4) is 0 Å². The lowest BCUT2D eigenvalue weighted by Crippen LogP contribution is -2.55. The molecule has 3 aliphatic rings. The molecular formula is C33H32ClF3N2O6S. The van der Waals surface area contributed by atoms with E-state index >= 15 is 0 Å². The van der Waals surface area contributed by atoms with E-state index < -0.39 is 44.0 Å². The zero-order valence-electron chi connectivity index (χ0n) is 24.8. The lowest BCUT2D eigenvalue weighted by Gasteiger charge is -2.48. The number of nitrogens with one attached hydrogen (secondary N) is 1. The first-order valence-corrected chi connectivity index (χ1v) is 16.9. The number of nitrogens with zero attached hydrogens (tertiary/aromatic N) is 1. The average molecular weight is 677 g/mol. The Morgan fingerprint density at radius 3 is 2.30 bits per heavy atom. The smallest absolute Gasteiger partial charge is 0.305 e. The second-order valence-corrected chi connectivity index (χ2v) is 14.7.